The molecule has 1 saturated heterocycles. The first kappa shape index (κ1) is 21.6. The van der Waals surface area contributed by atoms with Gasteiger partial charge in [-0.25, -0.2) is 4.98 Å². The average molecular weight is 443 g/mol. The topological polar surface area (TPSA) is 74.8 Å². The molecule has 1 N–H and O–H groups in total. The van der Waals surface area contributed by atoms with Gasteiger partial charge in [0.1, 0.15) is 0 Å². The van der Waals surface area contributed by atoms with E-state index < -0.39 is 0 Å². The molecular formula is C23H27ClN4O3. The second kappa shape index (κ2) is 9.66. The van der Waals surface area contributed by atoms with E-state index in [4.69, 9.17) is 16.3 Å². The summed E-state index contributed by atoms with van der Waals surface area (Å²) in [6.45, 7) is 5.49. The highest BCUT2D eigenvalue weighted by Gasteiger charge is 2.30. The largest absolute Gasteiger partial charge is 0.381 e. The van der Waals surface area contributed by atoms with Gasteiger partial charge in [-0.1, -0.05) is 30.7 Å². The summed E-state index contributed by atoms with van der Waals surface area (Å²) in [4.78, 5) is 33.7. The van der Waals surface area contributed by atoms with Crippen LogP contribution in [-0.4, -0.2) is 54.5 Å². The lowest BCUT2D eigenvalue weighted by atomic mass is 10.1. The molecule has 3 heterocycles. The Bertz CT molecular complexity index is 950. The third kappa shape index (κ3) is 4.99. The molecule has 31 heavy (non-hydrogen) atoms. The Hall–Kier alpha value is -2.64. The summed E-state index contributed by atoms with van der Waals surface area (Å²) in [6, 6.07) is 9.16. The van der Waals surface area contributed by atoms with E-state index in [1.807, 2.05) is 17.0 Å². The summed E-state index contributed by atoms with van der Waals surface area (Å²) in [7, 11) is 0. The van der Waals surface area contributed by atoms with Crippen LogP contribution in [-0.2, 0) is 16.1 Å². The fraction of sp³-hybridized carbons (Fsp3) is 0.435. The van der Waals surface area contributed by atoms with E-state index >= 15 is 0 Å². The van der Waals surface area contributed by atoms with Crippen LogP contribution in [0, 0.1) is 5.92 Å². The molecule has 2 aliphatic rings. The van der Waals surface area contributed by atoms with Crippen LogP contribution >= 0.6 is 11.6 Å². The van der Waals surface area contributed by atoms with Crippen molar-refractivity contribution >= 4 is 34.9 Å². The molecule has 8 heteroatoms. The van der Waals surface area contributed by atoms with Crippen molar-refractivity contribution in [2.24, 2.45) is 5.92 Å². The number of carbonyl (C=O) groups excluding carboxylic acids is 2. The minimum atomic E-state index is -0.0665. The van der Waals surface area contributed by atoms with Crippen LogP contribution < -0.4 is 10.2 Å². The molecule has 2 amide bonds. The number of fused-ring (bicyclic) bond motifs is 1. The zero-order valence-corrected chi connectivity index (χ0v) is 18.4. The lowest BCUT2D eigenvalue weighted by Gasteiger charge is -2.30. The van der Waals surface area contributed by atoms with E-state index in [1.165, 1.54) is 0 Å². The standard InChI is InChI=1S/C23H27ClN4O3/c1-2-9-31-15-17-7-8-27(13-17)23(30)18-10-20-22(25-11-18)26-12-21(29)28(20)14-16-3-5-19(24)6-4-16/h3-6,10-11,17H,2,7-9,12-15H2,1H3,(H,25,26). The third-order valence-electron chi connectivity index (χ3n) is 5.64. The molecule has 1 atom stereocenters. The number of hydrogen-bond donors (Lipinski definition) is 1. The fourth-order valence-corrected chi connectivity index (χ4v) is 4.10. The van der Waals surface area contributed by atoms with Gasteiger partial charge in [-0.2, -0.15) is 0 Å². The molecule has 0 bridgehead atoms. The lowest BCUT2D eigenvalue weighted by Crippen LogP contribution is -2.40. The molecule has 2 aliphatic heterocycles. The predicted molar refractivity (Wildman–Crippen MR) is 120 cm³/mol. The van der Waals surface area contributed by atoms with Crippen molar-refractivity contribution in [2.45, 2.75) is 26.3 Å². The average Bonchev–Trinajstić information content (AvgIpc) is 3.25. The van der Waals surface area contributed by atoms with Crippen LogP contribution in [0.4, 0.5) is 11.5 Å². The number of benzene rings is 1. The number of pyridine rings is 1. The number of anilines is 2. The quantitative estimate of drug-likeness (QED) is 0.663. The molecule has 164 valence electrons. The molecule has 4 rings (SSSR count). The zero-order chi connectivity index (χ0) is 21.8. The number of carbonyl (C=O) groups is 2. The van der Waals surface area contributed by atoms with Gasteiger partial charge in [0.2, 0.25) is 5.91 Å². The highest BCUT2D eigenvalue weighted by Crippen LogP contribution is 2.31. The monoisotopic (exact) mass is 442 g/mol. The summed E-state index contributed by atoms with van der Waals surface area (Å²) in [5, 5.41) is 3.69. The van der Waals surface area contributed by atoms with Crippen LogP contribution in [0.5, 0.6) is 0 Å². The molecule has 0 aliphatic carbocycles. The summed E-state index contributed by atoms with van der Waals surface area (Å²) in [5.74, 6) is 0.851. The molecule has 1 unspecified atom stereocenters. The first-order valence-corrected chi connectivity index (χ1v) is 11.1. The maximum atomic E-state index is 13.1. The normalized spacial score (nSPS) is 18.1. The summed E-state index contributed by atoms with van der Waals surface area (Å²) < 4.78 is 5.65. The van der Waals surface area contributed by atoms with Gasteiger partial charge in [-0.05, 0) is 36.6 Å². The van der Waals surface area contributed by atoms with Crippen molar-refractivity contribution in [1.29, 1.82) is 0 Å². The van der Waals surface area contributed by atoms with E-state index in [-0.39, 0.29) is 18.4 Å². The smallest absolute Gasteiger partial charge is 0.255 e. The number of nitrogens with zero attached hydrogens (tertiary/aromatic N) is 3. The molecule has 0 saturated carbocycles. The SMILES string of the molecule is CCCOCC1CCN(C(=O)c2cnc3c(c2)N(Cc2ccc(Cl)cc2)C(=O)CN3)C1. The van der Waals surface area contributed by atoms with E-state index in [2.05, 4.69) is 17.2 Å². The zero-order valence-electron chi connectivity index (χ0n) is 17.6. The van der Waals surface area contributed by atoms with Crippen molar-refractivity contribution in [3.8, 4) is 0 Å². The van der Waals surface area contributed by atoms with Crippen molar-refractivity contribution in [3.05, 3.63) is 52.7 Å². The summed E-state index contributed by atoms with van der Waals surface area (Å²) in [6.07, 6.45) is 3.53. The molecule has 0 spiro atoms. The van der Waals surface area contributed by atoms with Gasteiger partial charge in [0, 0.05) is 36.8 Å². The van der Waals surface area contributed by atoms with E-state index in [9.17, 15) is 9.59 Å². The number of likely N-dealkylation sites (tertiary alicyclic amines) is 1. The van der Waals surface area contributed by atoms with Crippen LogP contribution in [0.25, 0.3) is 0 Å². The van der Waals surface area contributed by atoms with Gasteiger partial charge in [0.05, 0.1) is 30.9 Å². The highest BCUT2D eigenvalue weighted by atomic mass is 35.5. The van der Waals surface area contributed by atoms with E-state index in [0.717, 1.165) is 25.0 Å². The number of aromatic nitrogens is 1. The van der Waals surface area contributed by atoms with E-state index in [0.29, 0.717) is 54.3 Å². The Morgan fingerprint density at radius 1 is 1.32 bits per heavy atom. The van der Waals surface area contributed by atoms with Crippen molar-refractivity contribution in [1.82, 2.24) is 9.88 Å². The van der Waals surface area contributed by atoms with Gasteiger partial charge in [0.15, 0.2) is 5.82 Å². The van der Waals surface area contributed by atoms with Crippen molar-refractivity contribution < 1.29 is 14.3 Å². The number of rotatable bonds is 7. The van der Waals surface area contributed by atoms with Crippen molar-refractivity contribution in [3.63, 3.8) is 0 Å². The molecule has 1 aromatic carbocycles. The van der Waals surface area contributed by atoms with Crippen molar-refractivity contribution in [2.75, 3.05) is 43.1 Å². The Morgan fingerprint density at radius 3 is 2.90 bits per heavy atom. The lowest BCUT2D eigenvalue weighted by molar-refractivity contribution is -0.117. The number of nitrogens with one attached hydrogen (secondary N) is 1. The van der Waals surface area contributed by atoms with Crippen LogP contribution in [0.2, 0.25) is 5.02 Å². The van der Waals surface area contributed by atoms with Crippen LogP contribution in [0.1, 0.15) is 35.7 Å². The minimum absolute atomic E-state index is 0.0576. The Kier molecular flexibility index (Phi) is 6.73. The highest BCUT2D eigenvalue weighted by molar-refractivity contribution is 6.30. The van der Waals surface area contributed by atoms with Gasteiger partial charge in [0.25, 0.3) is 5.91 Å². The Balaban J connectivity index is 1.50. The minimum Gasteiger partial charge on any atom is -0.381 e. The predicted octanol–water partition coefficient (Wildman–Crippen LogP) is 3.58. The molecule has 0 radical (unpaired) electrons. The third-order valence-corrected chi connectivity index (χ3v) is 5.89. The number of halogens is 1. The van der Waals surface area contributed by atoms with Crippen LogP contribution in [0.3, 0.4) is 0 Å². The van der Waals surface area contributed by atoms with Gasteiger partial charge >= 0.3 is 0 Å². The first-order chi connectivity index (χ1) is 15.0. The molecule has 1 fully saturated rings. The number of hydrogen-bond acceptors (Lipinski definition) is 5. The second-order valence-electron chi connectivity index (χ2n) is 8.03. The Morgan fingerprint density at radius 2 is 2.13 bits per heavy atom. The molecular weight excluding hydrogens is 416 g/mol. The molecule has 1 aromatic heterocycles. The Labute approximate surface area is 187 Å². The first-order valence-electron chi connectivity index (χ1n) is 10.7. The van der Waals surface area contributed by atoms with Gasteiger partial charge in [-0.3, -0.25) is 9.59 Å². The maximum absolute atomic E-state index is 13.1. The second-order valence-corrected chi connectivity index (χ2v) is 8.47. The van der Waals surface area contributed by atoms with Gasteiger partial charge < -0.3 is 19.9 Å². The number of amides is 2. The summed E-state index contributed by atoms with van der Waals surface area (Å²) >= 11 is 5.98. The van der Waals surface area contributed by atoms with Crippen LogP contribution in [0.15, 0.2) is 36.5 Å². The maximum Gasteiger partial charge on any atom is 0.255 e. The molecule has 7 nitrogen and oxygen atoms in total. The molecule has 2 aromatic rings. The van der Waals surface area contributed by atoms with Gasteiger partial charge in [-0.15, -0.1) is 0 Å². The number of ether oxygens (including phenoxy) is 1. The van der Waals surface area contributed by atoms with E-state index in [1.54, 1.807) is 29.3 Å². The summed E-state index contributed by atoms with van der Waals surface area (Å²) in [5.41, 5.74) is 2.07. The fourth-order valence-electron chi connectivity index (χ4n) is 3.98.